The highest BCUT2D eigenvalue weighted by Gasteiger charge is 2.33. The van der Waals surface area contributed by atoms with E-state index in [9.17, 15) is 18.0 Å². The van der Waals surface area contributed by atoms with E-state index < -0.39 is 11.7 Å². The van der Waals surface area contributed by atoms with Crippen molar-refractivity contribution in [1.82, 2.24) is 0 Å². The quantitative estimate of drug-likeness (QED) is 0.843. The summed E-state index contributed by atoms with van der Waals surface area (Å²) in [6, 6.07) is 3.33. The van der Waals surface area contributed by atoms with Crippen molar-refractivity contribution in [2.75, 3.05) is 17.7 Å². The first-order chi connectivity index (χ1) is 9.86. The molecule has 0 aromatic heterocycles. The summed E-state index contributed by atoms with van der Waals surface area (Å²) in [7, 11) is 0. The maximum Gasteiger partial charge on any atom is 0.418 e. The number of nitrogens with one attached hydrogen (secondary N) is 1. The smallest absolute Gasteiger partial charge is 0.398 e. The van der Waals surface area contributed by atoms with Crippen molar-refractivity contribution in [2.45, 2.75) is 38.0 Å². The molecular weight excluding hydrogens is 285 g/mol. The highest BCUT2D eigenvalue weighted by atomic mass is 19.4. The molecule has 1 amide bonds. The molecule has 1 aromatic carbocycles. The van der Waals surface area contributed by atoms with E-state index in [1.165, 1.54) is 6.07 Å². The van der Waals surface area contributed by atoms with Crippen LogP contribution in [0.4, 0.5) is 24.5 Å². The Balaban J connectivity index is 2.00. The fourth-order valence-electron chi connectivity index (χ4n) is 2.27. The lowest BCUT2D eigenvalue weighted by Crippen LogP contribution is -2.25. The Hall–Kier alpha value is -1.76. The average molecular weight is 302 g/mol. The van der Waals surface area contributed by atoms with Crippen molar-refractivity contribution in [2.24, 2.45) is 0 Å². The van der Waals surface area contributed by atoms with Crippen LogP contribution in [0.15, 0.2) is 18.2 Å². The third kappa shape index (κ3) is 4.35. The van der Waals surface area contributed by atoms with Gasteiger partial charge in [-0.3, -0.25) is 4.79 Å². The number of rotatable bonds is 3. The van der Waals surface area contributed by atoms with Gasteiger partial charge in [0.1, 0.15) is 0 Å². The van der Waals surface area contributed by atoms with Gasteiger partial charge in [0.25, 0.3) is 0 Å². The maximum atomic E-state index is 12.7. The number of carbonyl (C=O) groups is 1. The van der Waals surface area contributed by atoms with E-state index in [4.69, 9.17) is 10.5 Å². The predicted molar refractivity (Wildman–Crippen MR) is 72.7 cm³/mol. The molecule has 0 saturated carbocycles. The molecule has 4 nitrogen and oxygen atoms in total. The molecule has 0 aliphatic carbocycles. The average Bonchev–Trinajstić information content (AvgIpc) is 2.41. The normalized spacial score (nSPS) is 19.3. The number of nitrogens with two attached hydrogens (primary N) is 1. The van der Waals surface area contributed by atoms with E-state index >= 15 is 0 Å². The minimum atomic E-state index is -4.54. The molecule has 21 heavy (non-hydrogen) atoms. The van der Waals surface area contributed by atoms with Crippen molar-refractivity contribution in [3.8, 4) is 0 Å². The van der Waals surface area contributed by atoms with Crippen LogP contribution in [0.1, 0.15) is 31.2 Å². The van der Waals surface area contributed by atoms with Crippen LogP contribution in [0.25, 0.3) is 0 Å². The molecule has 0 spiro atoms. The summed E-state index contributed by atoms with van der Waals surface area (Å²) in [6.45, 7) is 0.623. The zero-order chi connectivity index (χ0) is 15.5. The van der Waals surface area contributed by atoms with Crippen LogP contribution in [-0.2, 0) is 15.7 Å². The van der Waals surface area contributed by atoms with Gasteiger partial charge >= 0.3 is 6.18 Å². The molecule has 1 fully saturated rings. The Bertz CT molecular complexity index is 511. The van der Waals surface area contributed by atoms with Crippen molar-refractivity contribution in [1.29, 1.82) is 0 Å². The molecule has 1 aliphatic heterocycles. The lowest BCUT2D eigenvalue weighted by atomic mass is 10.1. The van der Waals surface area contributed by atoms with Gasteiger partial charge in [-0.25, -0.2) is 0 Å². The monoisotopic (exact) mass is 302 g/mol. The van der Waals surface area contributed by atoms with Gasteiger partial charge < -0.3 is 15.8 Å². The van der Waals surface area contributed by atoms with Crippen molar-refractivity contribution < 1.29 is 22.7 Å². The Morgan fingerprint density at radius 3 is 2.76 bits per heavy atom. The SMILES string of the molecule is Nc1ccc(NC(=O)CC2CCCCO2)cc1C(F)(F)F. The Kier molecular flexibility index (Phi) is 4.72. The number of nitrogen functional groups attached to an aromatic ring is 1. The lowest BCUT2D eigenvalue weighted by molar-refractivity contribution is -0.137. The molecule has 1 heterocycles. The fraction of sp³-hybridized carbons (Fsp3) is 0.500. The minimum Gasteiger partial charge on any atom is -0.398 e. The maximum absolute atomic E-state index is 12.7. The summed E-state index contributed by atoms with van der Waals surface area (Å²) in [6.07, 6.45) is -1.79. The van der Waals surface area contributed by atoms with Crippen LogP contribution in [0, 0.1) is 0 Å². The number of carbonyl (C=O) groups excluding carboxylic acids is 1. The molecule has 1 unspecified atom stereocenters. The van der Waals surface area contributed by atoms with Gasteiger partial charge in [-0.1, -0.05) is 0 Å². The second kappa shape index (κ2) is 6.34. The van der Waals surface area contributed by atoms with Gasteiger partial charge in [-0.05, 0) is 37.5 Å². The molecule has 0 bridgehead atoms. The Morgan fingerprint density at radius 2 is 2.14 bits per heavy atom. The van der Waals surface area contributed by atoms with Crippen molar-refractivity contribution in [3.63, 3.8) is 0 Å². The number of hydrogen-bond donors (Lipinski definition) is 2. The highest BCUT2D eigenvalue weighted by Crippen LogP contribution is 2.35. The molecule has 0 radical (unpaired) electrons. The van der Waals surface area contributed by atoms with Crippen molar-refractivity contribution >= 4 is 17.3 Å². The van der Waals surface area contributed by atoms with E-state index in [2.05, 4.69) is 5.32 Å². The first-order valence-corrected chi connectivity index (χ1v) is 6.74. The van der Waals surface area contributed by atoms with Crippen LogP contribution >= 0.6 is 0 Å². The molecule has 1 aromatic rings. The molecule has 1 aliphatic rings. The largest absolute Gasteiger partial charge is 0.418 e. The number of alkyl halides is 3. The van der Waals surface area contributed by atoms with Crippen LogP contribution in [0.2, 0.25) is 0 Å². The van der Waals surface area contributed by atoms with Crippen molar-refractivity contribution in [3.05, 3.63) is 23.8 Å². The number of ether oxygens (including phenoxy) is 1. The third-order valence-corrected chi connectivity index (χ3v) is 3.33. The predicted octanol–water partition coefficient (Wildman–Crippen LogP) is 3.19. The number of halogens is 3. The minimum absolute atomic E-state index is 0.0809. The molecule has 116 valence electrons. The van der Waals surface area contributed by atoms with Gasteiger partial charge in [0.15, 0.2) is 0 Å². The van der Waals surface area contributed by atoms with E-state index in [-0.39, 0.29) is 29.8 Å². The van der Waals surface area contributed by atoms with Crippen LogP contribution < -0.4 is 11.1 Å². The number of anilines is 2. The highest BCUT2D eigenvalue weighted by molar-refractivity contribution is 5.91. The zero-order valence-electron chi connectivity index (χ0n) is 11.4. The number of benzene rings is 1. The van der Waals surface area contributed by atoms with Gasteiger partial charge in [0.05, 0.1) is 18.1 Å². The Morgan fingerprint density at radius 1 is 1.38 bits per heavy atom. The molecule has 3 N–H and O–H groups in total. The molecule has 1 saturated heterocycles. The summed E-state index contributed by atoms with van der Waals surface area (Å²) in [5.41, 5.74) is 4.07. The van der Waals surface area contributed by atoms with Gasteiger partial charge in [-0.15, -0.1) is 0 Å². The summed E-state index contributed by atoms with van der Waals surface area (Å²) >= 11 is 0. The van der Waals surface area contributed by atoms with Gasteiger partial charge in [0.2, 0.25) is 5.91 Å². The second-order valence-corrected chi connectivity index (χ2v) is 5.04. The van der Waals surface area contributed by atoms with E-state index in [1.54, 1.807) is 0 Å². The molecule has 7 heteroatoms. The summed E-state index contributed by atoms with van der Waals surface area (Å²) in [5, 5.41) is 2.45. The van der Waals surface area contributed by atoms with Gasteiger partial charge in [0, 0.05) is 18.0 Å². The second-order valence-electron chi connectivity index (χ2n) is 5.04. The topological polar surface area (TPSA) is 64.3 Å². The van der Waals surface area contributed by atoms with E-state index in [0.29, 0.717) is 6.61 Å². The molecular formula is C14H17F3N2O2. The van der Waals surface area contributed by atoms with E-state index in [1.807, 2.05) is 0 Å². The fourth-order valence-corrected chi connectivity index (χ4v) is 2.27. The number of hydrogen-bond acceptors (Lipinski definition) is 3. The standard InChI is InChI=1S/C14H17F3N2O2/c15-14(16,17)11-7-9(4-5-12(11)18)19-13(20)8-10-3-1-2-6-21-10/h4-5,7,10H,1-3,6,8,18H2,(H,19,20). The first-order valence-electron chi connectivity index (χ1n) is 6.74. The zero-order valence-corrected chi connectivity index (χ0v) is 11.4. The molecule has 1 atom stereocenters. The molecule has 2 rings (SSSR count). The summed E-state index contributed by atoms with van der Waals surface area (Å²) in [5.74, 6) is -0.361. The lowest BCUT2D eigenvalue weighted by Gasteiger charge is -2.22. The van der Waals surface area contributed by atoms with Crippen LogP contribution in [0.5, 0.6) is 0 Å². The van der Waals surface area contributed by atoms with Gasteiger partial charge in [-0.2, -0.15) is 13.2 Å². The van der Waals surface area contributed by atoms with Crippen LogP contribution in [-0.4, -0.2) is 18.6 Å². The first kappa shape index (κ1) is 15.6. The third-order valence-electron chi connectivity index (χ3n) is 3.33. The summed E-state index contributed by atoms with van der Waals surface area (Å²) < 4.78 is 43.6. The Labute approximate surface area is 120 Å². The summed E-state index contributed by atoms with van der Waals surface area (Å²) in [4.78, 5) is 11.8. The number of amides is 1. The van der Waals surface area contributed by atoms with Crippen LogP contribution in [0.3, 0.4) is 0 Å². The van der Waals surface area contributed by atoms with E-state index in [0.717, 1.165) is 31.4 Å².